The number of rotatable bonds is 9. The molecule has 1 aromatic carbocycles. The van der Waals surface area contributed by atoms with E-state index in [0.717, 1.165) is 29.7 Å². The number of nitrogens with one attached hydrogen (secondary N) is 1. The summed E-state index contributed by atoms with van der Waals surface area (Å²) < 4.78 is 22.9. The predicted molar refractivity (Wildman–Crippen MR) is 78.2 cm³/mol. The number of methoxy groups -OCH3 is 2. The summed E-state index contributed by atoms with van der Waals surface area (Å²) >= 11 is 0. The van der Waals surface area contributed by atoms with Crippen molar-refractivity contribution in [1.29, 1.82) is 0 Å². The summed E-state index contributed by atoms with van der Waals surface area (Å²) in [6.45, 7) is -0.0194. The first-order valence-corrected chi connectivity index (χ1v) is 6.89. The van der Waals surface area contributed by atoms with E-state index in [0.29, 0.717) is 25.1 Å². The van der Waals surface area contributed by atoms with Crippen molar-refractivity contribution in [3.8, 4) is 11.5 Å². The average molecular weight is 299 g/mol. The van der Waals surface area contributed by atoms with Gasteiger partial charge in [-0.1, -0.05) is 0 Å². The van der Waals surface area contributed by atoms with Gasteiger partial charge in [0.2, 0.25) is 0 Å². The number of ether oxygens (including phenoxy) is 2. The molecule has 0 heterocycles. The molecule has 1 rings (SSSR count). The number of hydrogen-bond donors (Lipinski definition) is 2. The molecule has 0 saturated carbocycles. The molecule has 21 heavy (non-hydrogen) atoms. The number of carbonyl (C=O) groups is 1. The number of carboxylic acid groups (broad SMARTS) is 1. The minimum atomic E-state index is -1.05. The molecule has 118 valence electrons. The highest BCUT2D eigenvalue weighted by Gasteiger charge is 2.11. The van der Waals surface area contributed by atoms with Gasteiger partial charge in [0.1, 0.15) is 11.5 Å². The third-order valence-electron chi connectivity index (χ3n) is 3.18. The molecule has 0 aromatic heterocycles. The second kappa shape index (κ2) is 9.05. The molecule has 5 nitrogen and oxygen atoms in total. The van der Waals surface area contributed by atoms with E-state index in [2.05, 4.69) is 5.32 Å². The Morgan fingerprint density at radius 3 is 2.19 bits per heavy atom. The van der Waals surface area contributed by atoms with Crippen LogP contribution in [0.5, 0.6) is 11.5 Å². The minimum Gasteiger partial charge on any atom is -0.496 e. The van der Waals surface area contributed by atoms with E-state index in [-0.39, 0.29) is 6.67 Å². The lowest BCUT2D eigenvalue weighted by Crippen LogP contribution is -2.23. The molecular weight excluding hydrogens is 277 g/mol. The van der Waals surface area contributed by atoms with E-state index in [9.17, 15) is 9.18 Å². The van der Waals surface area contributed by atoms with Crippen molar-refractivity contribution < 1.29 is 23.8 Å². The molecule has 0 saturated heterocycles. The molecule has 0 spiro atoms. The monoisotopic (exact) mass is 299 g/mol. The highest BCUT2D eigenvalue weighted by atomic mass is 19.1. The topological polar surface area (TPSA) is 67.8 Å². The van der Waals surface area contributed by atoms with E-state index in [1.807, 2.05) is 12.1 Å². The molecule has 0 atom stereocenters. The molecule has 0 aliphatic carbocycles. The Hall–Kier alpha value is -1.98. The maximum absolute atomic E-state index is 12.2. The summed E-state index contributed by atoms with van der Waals surface area (Å²) in [5, 5.41) is 10.9. The number of halogens is 1. The number of unbranched alkanes of at least 4 members (excludes halogenated alkanes) is 1. The van der Waals surface area contributed by atoms with Crippen molar-refractivity contribution in [1.82, 2.24) is 5.32 Å². The van der Waals surface area contributed by atoms with Crippen LogP contribution in [0.25, 0.3) is 0 Å². The van der Waals surface area contributed by atoms with E-state index in [1.54, 1.807) is 14.2 Å². The van der Waals surface area contributed by atoms with Crippen LogP contribution in [0.4, 0.5) is 9.18 Å². The first-order valence-electron chi connectivity index (χ1n) is 6.89. The standard InChI is InChI=1S/C15H22FNO4/c1-20-13-10-12(6-8-17-15(18)19)14(21-2)9-11(13)5-3-4-7-16/h9-10,17H,3-8H2,1-2H3,(H,18,19). The number of amides is 1. The van der Waals surface area contributed by atoms with Crippen LogP contribution < -0.4 is 14.8 Å². The largest absolute Gasteiger partial charge is 0.496 e. The number of alkyl halides is 1. The SMILES string of the molecule is COc1cc(CCNC(=O)O)c(OC)cc1CCCCF. The quantitative estimate of drug-likeness (QED) is 0.688. The molecule has 0 aliphatic rings. The van der Waals surface area contributed by atoms with Gasteiger partial charge in [0.25, 0.3) is 0 Å². The van der Waals surface area contributed by atoms with Gasteiger partial charge in [0.15, 0.2) is 0 Å². The summed E-state index contributed by atoms with van der Waals surface area (Å²) in [5.74, 6) is 1.42. The summed E-state index contributed by atoms with van der Waals surface area (Å²) in [7, 11) is 3.15. The Balaban J connectivity index is 2.85. The predicted octanol–water partition coefficient (Wildman–Crippen LogP) is 2.81. The summed E-state index contributed by atoms with van der Waals surface area (Å²) in [6, 6.07) is 3.74. The van der Waals surface area contributed by atoms with Gasteiger partial charge in [0.05, 0.1) is 20.9 Å². The van der Waals surface area contributed by atoms with Gasteiger partial charge in [-0.05, 0) is 48.9 Å². The Morgan fingerprint density at radius 1 is 1.14 bits per heavy atom. The van der Waals surface area contributed by atoms with Gasteiger partial charge in [-0.2, -0.15) is 0 Å². The molecule has 0 unspecified atom stereocenters. The van der Waals surface area contributed by atoms with Crippen LogP contribution in [0.1, 0.15) is 24.0 Å². The fourth-order valence-electron chi connectivity index (χ4n) is 2.13. The van der Waals surface area contributed by atoms with Crippen LogP contribution in [0.15, 0.2) is 12.1 Å². The van der Waals surface area contributed by atoms with Crippen LogP contribution in [0, 0.1) is 0 Å². The van der Waals surface area contributed by atoms with Crippen LogP contribution in [-0.4, -0.2) is 38.6 Å². The normalized spacial score (nSPS) is 10.2. The number of hydrogen-bond acceptors (Lipinski definition) is 3. The third kappa shape index (κ3) is 5.49. The van der Waals surface area contributed by atoms with Crippen molar-refractivity contribution in [2.24, 2.45) is 0 Å². The Labute approximate surface area is 124 Å². The molecule has 1 amide bonds. The van der Waals surface area contributed by atoms with E-state index in [1.165, 1.54) is 0 Å². The van der Waals surface area contributed by atoms with Gasteiger partial charge in [-0.15, -0.1) is 0 Å². The highest BCUT2D eigenvalue weighted by molar-refractivity contribution is 5.64. The Morgan fingerprint density at radius 2 is 1.71 bits per heavy atom. The van der Waals surface area contributed by atoms with Crippen molar-refractivity contribution in [2.75, 3.05) is 27.4 Å². The smallest absolute Gasteiger partial charge is 0.404 e. The van der Waals surface area contributed by atoms with E-state index < -0.39 is 6.09 Å². The second-order valence-electron chi connectivity index (χ2n) is 4.60. The first kappa shape index (κ1) is 17.1. The van der Waals surface area contributed by atoms with Crippen LogP contribution in [0.3, 0.4) is 0 Å². The van der Waals surface area contributed by atoms with Crippen molar-refractivity contribution in [3.63, 3.8) is 0 Å². The maximum atomic E-state index is 12.2. The molecule has 0 aliphatic heterocycles. The molecule has 1 aromatic rings. The molecule has 6 heteroatoms. The van der Waals surface area contributed by atoms with E-state index >= 15 is 0 Å². The van der Waals surface area contributed by atoms with Crippen molar-refractivity contribution in [2.45, 2.75) is 25.7 Å². The Bertz CT molecular complexity index is 465. The van der Waals surface area contributed by atoms with Gasteiger partial charge in [-0.3, -0.25) is 4.39 Å². The highest BCUT2D eigenvalue weighted by Crippen LogP contribution is 2.30. The first-order chi connectivity index (χ1) is 10.1. The summed E-state index contributed by atoms with van der Waals surface area (Å²) in [4.78, 5) is 10.5. The zero-order chi connectivity index (χ0) is 15.7. The zero-order valence-corrected chi connectivity index (χ0v) is 12.4. The van der Waals surface area contributed by atoms with Gasteiger partial charge < -0.3 is 19.9 Å². The van der Waals surface area contributed by atoms with Crippen molar-refractivity contribution in [3.05, 3.63) is 23.3 Å². The third-order valence-corrected chi connectivity index (χ3v) is 3.18. The molecule has 0 bridgehead atoms. The lowest BCUT2D eigenvalue weighted by atomic mass is 10.0. The van der Waals surface area contributed by atoms with E-state index in [4.69, 9.17) is 14.6 Å². The maximum Gasteiger partial charge on any atom is 0.404 e. The summed E-state index contributed by atoms with van der Waals surface area (Å²) in [6.07, 6.45) is 1.45. The Kier molecular flexibility index (Phi) is 7.36. The fourth-order valence-corrected chi connectivity index (χ4v) is 2.13. The molecule has 2 N–H and O–H groups in total. The fraction of sp³-hybridized carbons (Fsp3) is 0.533. The van der Waals surface area contributed by atoms with Crippen LogP contribution in [0.2, 0.25) is 0 Å². The molecular formula is C15H22FNO4. The zero-order valence-electron chi connectivity index (χ0n) is 12.4. The van der Waals surface area contributed by atoms with Gasteiger partial charge in [-0.25, -0.2) is 4.79 Å². The number of aryl methyl sites for hydroxylation is 1. The van der Waals surface area contributed by atoms with Gasteiger partial charge in [0, 0.05) is 6.54 Å². The molecule has 0 radical (unpaired) electrons. The lowest BCUT2D eigenvalue weighted by Gasteiger charge is -2.15. The van der Waals surface area contributed by atoms with Crippen LogP contribution in [-0.2, 0) is 12.8 Å². The van der Waals surface area contributed by atoms with Gasteiger partial charge >= 0.3 is 6.09 Å². The molecule has 0 fully saturated rings. The number of benzene rings is 1. The summed E-state index contributed by atoms with van der Waals surface area (Å²) in [5.41, 5.74) is 1.84. The van der Waals surface area contributed by atoms with Crippen molar-refractivity contribution >= 4 is 6.09 Å². The average Bonchev–Trinajstić information content (AvgIpc) is 2.47. The lowest BCUT2D eigenvalue weighted by molar-refractivity contribution is 0.194. The second-order valence-corrected chi connectivity index (χ2v) is 4.60. The minimum absolute atomic E-state index is 0.302. The van der Waals surface area contributed by atoms with Crippen LogP contribution >= 0.6 is 0 Å².